The summed E-state index contributed by atoms with van der Waals surface area (Å²) in [4.78, 5) is 11.3. The van der Waals surface area contributed by atoms with Crippen LogP contribution in [0.15, 0.2) is 48.5 Å². The van der Waals surface area contributed by atoms with E-state index in [1.54, 1.807) is 12.1 Å². The fraction of sp³-hybridized carbons (Fsp3) is 0.133. The second-order valence-corrected chi connectivity index (χ2v) is 5.29. The van der Waals surface area contributed by atoms with Crippen molar-refractivity contribution < 1.29 is 9.53 Å². The Labute approximate surface area is 126 Å². The molecule has 2 aromatic rings. The topological polar surface area (TPSA) is 38.3 Å². The number of nitrogens with one attached hydrogen (secondary N) is 1. The Morgan fingerprint density at radius 2 is 1.74 bits per heavy atom. The average Bonchev–Trinajstić information content (AvgIpc) is 2.46. The van der Waals surface area contributed by atoms with Gasteiger partial charge in [0.2, 0.25) is 0 Å². The minimum absolute atomic E-state index is 0.308. The van der Waals surface area contributed by atoms with E-state index in [9.17, 15) is 4.79 Å². The normalized spacial score (nSPS) is 10.0. The van der Waals surface area contributed by atoms with E-state index in [1.807, 2.05) is 24.3 Å². The van der Waals surface area contributed by atoms with Gasteiger partial charge in [-0.2, -0.15) is 0 Å². The number of anilines is 1. The molecule has 2 rings (SSSR count). The van der Waals surface area contributed by atoms with E-state index in [2.05, 4.69) is 44.8 Å². The fourth-order valence-corrected chi connectivity index (χ4v) is 2.01. The lowest BCUT2D eigenvalue weighted by molar-refractivity contribution is 0.0600. The van der Waals surface area contributed by atoms with Crippen molar-refractivity contribution in [2.45, 2.75) is 6.54 Å². The first-order valence-electron chi connectivity index (χ1n) is 5.86. The van der Waals surface area contributed by atoms with Crippen LogP contribution in [0.3, 0.4) is 0 Å². The standard InChI is InChI=1S/C15H14INO2/c1-19-15(18)12-4-2-11(3-5-12)10-17-14-8-6-13(16)7-9-14/h2-9,17H,10H2,1H3. The summed E-state index contributed by atoms with van der Waals surface area (Å²) in [6.45, 7) is 0.724. The summed E-state index contributed by atoms with van der Waals surface area (Å²) >= 11 is 2.28. The van der Waals surface area contributed by atoms with Gasteiger partial charge in [0.1, 0.15) is 0 Å². The quantitative estimate of drug-likeness (QED) is 0.662. The van der Waals surface area contributed by atoms with Gasteiger partial charge in [-0.25, -0.2) is 4.79 Å². The summed E-state index contributed by atoms with van der Waals surface area (Å²) in [7, 11) is 1.38. The van der Waals surface area contributed by atoms with Crippen molar-refractivity contribution in [2.75, 3.05) is 12.4 Å². The number of carbonyl (C=O) groups excluding carboxylic acids is 1. The zero-order chi connectivity index (χ0) is 13.7. The highest BCUT2D eigenvalue weighted by Gasteiger charge is 2.03. The SMILES string of the molecule is COC(=O)c1ccc(CNc2ccc(I)cc2)cc1. The van der Waals surface area contributed by atoms with Gasteiger partial charge in [-0.15, -0.1) is 0 Å². The predicted molar refractivity (Wildman–Crippen MR) is 84.3 cm³/mol. The number of methoxy groups -OCH3 is 1. The summed E-state index contributed by atoms with van der Waals surface area (Å²) in [5.74, 6) is -0.308. The summed E-state index contributed by atoms with van der Waals surface area (Å²) in [6, 6.07) is 15.6. The smallest absolute Gasteiger partial charge is 0.337 e. The summed E-state index contributed by atoms with van der Waals surface area (Å²) in [6.07, 6.45) is 0. The third-order valence-electron chi connectivity index (χ3n) is 2.72. The first-order valence-corrected chi connectivity index (χ1v) is 6.93. The first-order chi connectivity index (χ1) is 9.19. The number of carbonyl (C=O) groups is 1. The van der Waals surface area contributed by atoms with Gasteiger partial charge >= 0.3 is 5.97 Å². The predicted octanol–water partition coefficient (Wildman–Crippen LogP) is 3.69. The van der Waals surface area contributed by atoms with E-state index in [-0.39, 0.29) is 5.97 Å². The summed E-state index contributed by atoms with van der Waals surface area (Å²) in [5.41, 5.74) is 2.77. The Bertz CT molecular complexity index is 549. The Morgan fingerprint density at radius 3 is 2.32 bits per heavy atom. The lowest BCUT2D eigenvalue weighted by Crippen LogP contribution is -2.03. The molecule has 0 aliphatic rings. The van der Waals surface area contributed by atoms with Gasteiger partial charge in [0.25, 0.3) is 0 Å². The van der Waals surface area contributed by atoms with Crippen molar-refractivity contribution in [3.8, 4) is 0 Å². The van der Waals surface area contributed by atoms with E-state index in [4.69, 9.17) is 0 Å². The molecule has 0 atom stereocenters. The molecule has 3 nitrogen and oxygen atoms in total. The molecular formula is C15H14INO2. The number of benzene rings is 2. The number of hydrogen-bond donors (Lipinski definition) is 1. The molecule has 4 heteroatoms. The molecule has 2 aromatic carbocycles. The van der Waals surface area contributed by atoms with Crippen LogP contribution in [0.2, 0.25) is 0 Å². The molecular weight excluding hydrogens is 353 g/mol. The van der Waals surface area contributed by atoms with Crippen LogP contribution in [0.25, 0.3) is 0 Å². The lowest BCUT2D eigenvalue weighted by Gasteiger charge is -2.07. The van der Waals surface area contributed by atoms with Crippen molar-refractivity contribution >= 4 is 34.2 Å². The highest BCUT2D eigenvalue weighted by atomic mass is 127. The number of ether oxygens (including phenoxy) is 1. The van der Waals surface area contributed by atoms with Gasteiger partial charge in [-0.1, -0.05) is 12.1 Å². The largest absolute Gasteiger partial charge is 0.465 e. The van der Waals surface area contributed by atoms with Gasteiger partial charge in [0, 0.05) is 15.8 Å². The molecule has 0 bridgehead atoms. The van der Waals surface area contributed by atoms with E-state index >= 15 is 0 Å². The molecule has 0 aromatic heterocycles. The molecule has 98 valence electrons. The number of rotatable bonds is 4. The minimum atomic E-state index is -0.308. The van der Waals surface area contributed by atoms with Crippen LogP contribution >= 0.6 is 22.6 Å². The molecule has 0 aliphatic heterocycles. The number of esters is 1. The number of hydrogen-bond acceptors (Lipinski definition) is 3. The molecule has 1 N–H and O–H groups in total. The van der Waals surface area contributed by atoms with E-state index in [0.29, 0.717) is 5.56 Å². The molecule has 0 spiro atoms. The Balaban J connectivity index is 1.96. The van der Waals surface area contributed by atoms with E-state index < -0.39 is 0 Å². The van der Waals surface area contributed by atoms with Crippen LogP contribution in [-0.2, 0) is 11.3 Å². The van der Waals surface area contributed by atoms with Crippen molar-refractivity contribution in [1.82, 2.24) is 0 Å². The maximum atomic E-state index is 11.3. The van der Waals surface area contributed by atoms with Crippen LogP contribution in [0.1, 0.15) is 15.9 Å². The molecule has 19 heavy (non-hydrogen) atoms. The maximum Gasteiger partial charge on any atom is 0.337 e. The fourth-order valence-electron chi connectivity index (χ4n) is 1.65. The van der Waals surface area contributed by atoms with Crippen molar-refractivity contribution in [3.05, 3.63) is 63.2 Å². The Kier molecular flexibility index (Phi) is 4.79. The van der Waals surface area contributed by atoms with E-state index in [0.717, 1.165) is 17.8 Å². The van der Waals surface area contributed by atoms with Crippen molar-refractivity contribution in [3.63, 3.8) is 0 Å². The summed E-state index contributed by atoms with van der Waals surface area (Å²) in [5, 5.41) is 3.33. The highest BCUT2D eigenvalue weighted by Crippen LogP contribution is 2.13. The molecule has 0 saturated heterocycles. The molecule has 0 aliphatic carbocycles. The third kappa shape index (κ3) is 3.96. The second-order valence-electron chi connectivity index (χ2n) is 4.05. The van der Waals surface area contributed by atoms with Gasteiger partial charge < -0.3 is 10.1 Å². The van der Waals surface area contributed by atoms with Crippen LogP contribution in [0.4, 0.5) is 5.69 Å². The Hall–Kier alpha value is -1.56. The molecule has 0 radical (unpaired) electrons. The minimum Gasteiger partial charge on any atom is -0.465 e. The molecule has 0 saturated carbocycles. The highest BCUT2D eigenvalue weighted by molar-refractivity contribution is 14.1. The van der Waals surface area contributed by atoms with Crippen LogP contribution in [0, 0.1) is 3.57 Å². The molecule has 0 amide bonds. The van der Waals surface area contributed by atoms with Gasteiger partial charge in [-0.05, 0) is 64.6 Å². The van der Waals surface area contributed by atoms with Crippen LogP contribution in [0.5, 0.6) is 0 Å². The van der Waals surface area contributed by atoms with Crippen LogP contribution in [-0.4, -0.2) is 13.1 Å². The van der Waals surface area contributed by atoms with Gasteiger partial charge in [-0.3, -0.25) is 0 Å². The number of halogens is 1. The Morgan fingerprint density at radius 1 is 1.11 bits per heavy atom. The maximum absolute atomic E-state index is 11.3. The average molecular weight is 367 g/mol. The van der Waals surface area contributed by atoms with Crippen molar-refractivity contribution in [2.24, 2.45) is 0 Å². The molecule has 0 unspecified atom stereocenters. The van der Waals surface area contributed by atoms with Crippen molar-refractivity contribution in [1.29, 1.82) is 0 Å². The first kappa shape index (κ1) is 13.9. The van der Waals surface area contributed by atoms with Gasteiger partial charge in [0.05, 0.1) is 12.7 Å². The summed E-state index contributed by atoms with van der Waals surface area (Å²) < 4.78 is 5.87. The monoisotopic (exact) mass is 367 g/mol. The lowest BCUT2D eigenvalue weighted by atomic mass is 10.1. The zero-order valence-electron chi connectivity index (χ0n) is 10.5. The molecule has 0 fully saturated rings. The second kappa shape index (κ2) is 6.56. The third-order valence-corrected chi connectivity index (χ3v) is 3.44. The molecule has 0 heterocycles. The van der Waals surface area contributed by atoms with Crippen LogP contribution < -0.4 is 5.32 Å². The van der Waals surface area contributed by atoms with E-state index in [1.165, 1.54) is 10.7 Å². The zero-order valence-corrected chi connectivity index (χ0v) is 12.7. The van der Waals surface area contributed by atoms with Gasteiger partial charge in [0.15, 0.2) is 0 Å².